The highest BCUT2D eigenvalue weighted by Crippen LogP contribution is 2.25. The van der Waals surface area contributed by atoms with E-state index < -0.39 is 6.43 Å². The number of rotatable bonds is 3. The molecule has 0 aliphatic rings. The number of hydrogen-bond donors (Lipinski definition) is 0. The fourth-order valence-corrected chi connectivity index (χ4v) is 2.66. The maximum Gasteiger partial charge on any atom is 0.280 e. The minimum Gasteiger partial charge on any atom is -0.240 e. The number of halogens is 4. The molecule has 0 amide bonds. The van der Waals surface area contributed by atoms with Crippen LogP contribution in [0.15, 0.2) is 6.07 Å². The lowest BCUT2D eigenvalue weighted by molar-refractivity contribution is 0.144. The van der Waals surface area contributed by atoms with Gasteiger partial charge in [0.1, 0.15) is 9.39 Å². The summed E-state index contributed by atoms with van der Waals surface area (Å²) >= 11 is 5.15. The molecule has 0 aromatic carbocycles. The van der Waals surface area contributed by atoms with Crippen molar-refractivity contribution in [1.82, 2.24) is 4.98 Å². The van der Waals surface area contributed by atoms with Gasteiger partial charge < -0.3 is 0 Å². The number of nitrogens with zero attached hydrogens (tertiary/aromatic N) is 2. The van der Waals surface area contributed by atoms with E-state index in [0.717, 1.165) is 5.56 Å². The molecule has 0 aliphatic carbocycles. The smallest absolute Gasteiger partial charge is 0.240 e. The zero-order chi connectivity index (χ0) is 11.4. The van der Waals surface area contributed by atoms with Crippen molar-refractivity contribution in [3.05, 3.63) is 26.6 Å². The molecule has 1 heterocycles. The van der Waals surface area contributed by atoms with Crippen LogP contribution in [0.5, 0.6) is 0 Å². The molecule has 0 saturated heterocycles. The number of pyridine rings is 1. The second-order valence-corrected chi connectivity index (χ2v) is 4.33. The lowest BCUT2D eigenvalue weighted by Gasteiger charge is -2.08. The van der Waals surface area contributed by atoms with E-state index in [1.165, 1.54) is 0 Å². The first-order valence-electron chi connectivity index (χ1n) is 3.99. The van der Waals surface area contributed by atoms with Gasteiger partial charge in [0.05, 0.1) is 12.5 Å². The summed E-state index contributed by atoms with van der Waals surface area (Å²) in [6, 6.07) is 3.46. The van der Waals surface area contributed by atoms with Gasteiger partial charge in [-0.25, -0.2) is 13.8 Å². The molecule has 1 aromatic rings. The average Bonchev–Trinajstić information content (AvgIpc) is 2.20. The predicted octanol–water partition coefficient (Wildman–Crippen LogP) is 3.58. The van der Waals surface area contributed by atoms with Gasteiger partial charge >= 0.3 is 0 Å². The van der Waals surface area contributed by atoms with Crippen molar-refractivity contribution in [2.24, 2.45) is 0 Å². The van der Waals surface area contributed by atoms with Crippen LogP contribution in [0.2, 0.25) is 0 Å². The normalized spacial score (nSPS) is 10.4. The fourth-order valence-electron chi connectivity index (χ4n) is 1.10. The first kappa shape index (κ1) is 12.8. The highest BCUT2D eigenvalue weighted by atomic mass is 127. The number of hydrogen-bond acceptors (Lipinski definition) is 2. The van der Waals surface area contributed by atoms with Crippen molar-refractivity contribution in [3.63, 3.8) is 0 Å². The van der Waals surface area contributed by atoms with Crippen LogP contribution >= 0.6 is 38.5 Å². The quantitative estimate of drug-likeness (QED) is 0.452. The maximum absolute atomic E-state index is 12.6. The summed E-state index contributed by atoms with van der Waals surface area (Å²) in [5.74, 6) is 0. The van der Waals surface area contributed by atoms with E-state index in [1.807, 2.05) is 28.7 Å². The molecule has 80 valence electrons. The summed E-state index contributed by atoms with van der Waals surface area (Å²) < 4.78 is 25.7. The van der Waals surface area contributed by atoms with E-state index in [0.29, 0.717) is 14.6 Å². The molecule has 0 N–H and O–H groups in total. The molecule has 1 rings (SSSR count). The molecule has 0 saturated carbocycles. The van der Waals surface area contributed by atoms with E-state index in [2.05, 4.69) is 20.9 Å². The second kappa shape index (κ2) is 5.70. The zero-order valence-corrected chi connectivity index (χ0v) is 11.2. The molecule has 0 radical (unpaired) electrons. The average molecular weight is 387 g/mol. The Kier molecular flexibility index (Phi) is 4.86. The Bertz CT molecular complexity index is 404. The standard InChI is InChI=1S/C9H6BrF2IN2/c10-4-6-3-5(1-2-14)7(8(11)12)15-9(6)13/h3,8H,1,4H2. The summed E-state index contributed by atoms with van der Waals surface area (Å²) in [4.78, 5) is 3.82. The molecule has 0 fully saturated rings. The first-order valence-corrected chi connectivity index (χ1v) is 6.19. The summed E-state index contributed by atoms with van der Waals surface area (Å²) in [7, 11) is 0. The Morgan fingerprint density at radius 3 is 2.67 bits per heavy atom. The Morgan fingerprint density at radius 2 is 2.20 bits per heavy atom. The molecule has 2 nitrogen and oxygen atoms in total. The van der Waals surface area contributed by atoms with E-state index >= 15 is 0 Å². The number of alkyl halides is 3. The van der Waals surface area contributed by atoms with Crippen LogP contribution in [0.3, 0.4) is 0 Å². The van der Waals surface area contributed by atoms with Gasteiger partial charge in [-0.2, -0.15) is 5.26 Å². The van der Waals surface area contributed by atoms with Crippen molar-refractivity contribution in [3.8, 4) is 6.07 Å². The molecule has 0 aliphatic heterocycles. The first-order chi connectivity index (χ1) is 7.10. The lowest BCUT2D eigenvalue weighted by atomic mass is 10.1. The molecule has 6 heteroatoms. The molecule has 1 aromatic heterocycles. The van der Waals surface area contributed by atoms with Gasteiger partial charge in [-0.1, -0.05) is 15.9 Å². The topological polar surface area (TPSA) is 36.7 Å². The zero-order valence-electron chi connectivity index (χ0n) is 7.48. The van der Waals surface area contributed by atoms with Crippen molar-refractivity contribution >= 4 is 38.5 Å². The van der Waals surface area contributed by atoms with Gasteiger partial charge in [0, 0.05) is 5.33 Å². The predicted molar refractivity (Wildman–Crippen MR) is 63.9 cm³/mol. The third-order valence-electron chi connectivity index (χ3n) is 1.78. The number of nitriles is 1. The van der Waals surface area contributed by atoms with Crippen LogP contribution in [0.25, 0.3) is 0 Å². The highest BCUT2D eigenvalue weighted by molar-refractivity contribution is 14.1. The van der Waals surface area contributed by atoms with E-state index in [4.69, 9.17) is 5.26 Å². The van der Waals surface area contributed by atoms with Gasteiger partial charge in [0.25, 0.3) is 6.43 Å². The third-order valence-corrected chi connectivity index (χ3v) is 3.32. The molecule has 15 heavy (non-hydrogen) atoms. The van der Waals surface area contributed by atoms with Crippen molar-refractivity contribution < 1.29 is 8.78 Å². The van der Waals surface area contributed by atoms with Crippen LogP contribution in [-0.2, 0) is 11.8 Å². The molecular weight excluding hydrogens is 381 g/mol. The largest absolute Gasteiger partial charge is 0.280 e. The van der Waals surface area contributed by atoms with Crippen LogP contribution in [0.1, 0.15) is 23.2 Å². The Balaban J connectivity index is 3.26. The van der Waals surface area contributed by atoms with Crippen molar-refractivity contribution in [2.75, 3.05) is 0 Å². The molecule has 0 bridgehead atoms. The minimum absolute atomic E-state index is 0.0381. The van der Waals surface area contributed by atoms with Crippen LogP contribution < -0.4 is 0 Å². The summed E-state index contributed by atoms with van der Waals surface area (Å²) in [6.07, 6.45) is -2.67. The Morgan fingerprint density at radius 1 is 1.53 bits per heavy atom. The summed E-state index contributed by atoms with van der Waals surface area (Å²) in [6.45, 7) is 0. The maximum atomic E-state index is 12.6. The van der Waals surface area contributed by atoms with Crippen molar-refractivity contribution in [1.29, 1.82) is 5.26 Å². The SMILES string of the molecule is N#CCc1cc(CBr)c(I)nc1C(F)F. The molecule has 0 atom stereocenters. The van der Waals surface area contributed by atoms with E-state index in [9.17, 15) is 8.78 Å². The molecular formula is C9H6BrF2IN2. The molecule has 0 unspecified atom stereocenters. The monoisotopic (exact) mass is 386 g/mol. The minimum atomic E-state index is -2.63. The van der Waals surface area contributed by atoms with Crippen molar-refractivity contribution in [2.45, 2.75) is 18.2 Å². The Hall–Kier alpha value is -0.290. The fraction of sp³-hybridized carbons (Fsp3) is 0.333. The van der Waals surface area contributed by atoms with Gasteiger partial charge in [0.2, 0.25) is 0 Å². The van der Waals surface area contributed by atoms with Gasteiger partial charge in [-0.3, -0.25) is 0 Å². The Labute approximate surface area is 108 Å². The highest BCUT2D eigenvalue weighted by Gasteiger charge is 2.17. The van der Waals surface area contributed by atoms with Crippen LogP contribution in [-0.4, -0.2) is 4.98 Å². The van der Waals surface area contributed by atoms with E-state index in [1.54, 1.807) is 6.07 Å². The summed E-state index contributed by atoms with van der Waals surface area (Å²) in [5.41, 5.74) is 0.846. The summed E-state index contributed by atoms with van der Waals surface area (Å²) in [5, 5.41) is 9.06. The third kappa shape index (κ3) is 3.08. The number of aromatic nitrogens is 1. The van der Waals surface area contributed by atoms with E-state index in [-0.39, 0.29) is 12.1 Å². The van der Waals surface area contributed by atoms with Gasteiger partial charge in [-0.05, 0) is 39.8 Å². The molecule has 0 spiro atoms. The van der Waals surface area contributed by atoms with Gasteiger partial charge in [-0.15, -0.1) is 0 Å². The lowest BCUT2D eigenvalue weighted by Crippen LogP contribution is -2.03. The van der Waals surface area contributed by atoms with Crippen LogP contribution in [0, 0.1) is 15.0 Å². The van der Waals surface area contributed by atoms with Gasteiger partial charge in [0.15, 0.2) is 0 Å². The van der Waals surface area contributed by atoms with Crippen LogP contribution in [0.4, 0.5) is 8.78 Å². The second-order valence-electron chi connectivity index (χ2n) is 2.75.